The lowest BCUT2D eigenvalue weighted by Crippen LogP contribution is -2.49. The van der Waals surface area contributed by atoms with Crippen LogP contribution < -0.4 is 16.0 Å². The molecule has 0 radical (unpaired) electrons. The minimum Gasteiger partial charge on any atom is -0.384 e. The van der Waals surface area contributed by atoms with Crippen molar-refractivity contribution in [2.75, 3.05) is 30.3 Å². The van der Waals surface area contributed by atoms with Crippen LogP contribution in [-0.4, -0.2) is 45.3 Å². The van der Waals surface area contributed by atoms with E-state index in [1.165, 1.54) is 12.8 Å². The van der Waals surface area contributed by atoms with Gasteiger partial charge >= 0.3 is 0 Å². The van der Waals surface area contributed by atoms with Gasteiger partial charge in [0.05, 0.1) is 11.4 Å². The van der Waals surface area contributed by atoms with Gasteiger partial charge in [-0.3, -0.25) is 0 Å². The number of rotatable bonds is 3. The van der Waals surface area contributed by atoms with Crippen LogP contribution in [0.4, 0.5) is 11.6 Å². The number of hydrogen-bond donors (Lipinski definition) is 2. The summed E-state index contributed by atoms with van der Waals surface area (Å²) in [5, 5.41) is 8.44. The first-order valence-corrected chi connectivity index (χ1v) is 9.29. The molecule has 5 rings (SSSR count). The van der Waals surface area contributed by atoms with Crippen molar-refractivity contribution in [1.82, 2.24) is 24.9 Å². The SMILES string of the molecule is C[C@H]1CN(c2ccc3nc(C4CC4)c(-c4ccnc(N)c4)n3n2)CCN1. The molecule has 0 spiro atoms. The maximum Gasteiger partial charge on any atom is 0.154 e. The van der Waals surface area contributed by atoms with Gasteiger partial charge in [-0.1, -0.05) is 0 Å². The zero-order valence-corrected chi connectivity index (χ0v) is 14.9. The van der Waals surface area contributed by atoms with Crippen LogP contribution in [0, 0.1) is 0 Å². The van der Waals surface area contributed by atoms with Crippen LogP contribution in [0.25, 0.3) is 16.9 Å². The number of nitrogens with one attached hydrogen (secondary N) is 1. The fourth-order valence-electron chi connectivity index (χ4n) is 3.76. The van der Waals surface area contributed by atoms with E-state index in [0.29, 0.717) is 17.8 Å². The first-order valence-electron chi connectivity index (χ1n) is 9.29. The second-order valence-electron chi connectivity index (χ2n) is 7.35. The average molecular weight is 349 g/mol. The van der Waals surface area contributed by atoms with Crippen LogP contribution in [-0.2, 0) is 0 Å². The quantitative estimate of drug-likeness (QED) is 0.753. The fraction of sp³-hybridized carbons (Fsp3) is 0.421. The molecule has 2 aliphatic rings. The number of fused-ring (bicyclic) bond motifs is 1. The third-order valence-corrected chi connectivity index (χ3v) is 5.20. The van der Waals surface area contributed by atoms with E-state index in [9.17, 15) is 0 Å². The van der Waals surface area contributed by atoms with Crippen molar-refractivity contribution in [2.45, 2.75) is 31.7 Å². The number of hydrogen-bond acceptors (Lipinski definition) is 6. The zero-order chi connectivity index (χ0) is 17.7. The molecule has 1 saturated heterocycles. The molecule has 26 heavy (non-hydrogen) atoms. The smallest absolute Gasteiger partial charge is 0.154 e. The number of nitrogens with two attached hydrogens (primary N) is 1. The van der Waals surface area contributed by atoms with Crippen molar-refractivity contribution in [3.63, 3.8) is 0 Å². The Morgan fingerprint density at radius 3 is 2.88 bits per heavy atom. The third-order valence-electron chi connectivity index (χ3n) is 5.20. The minimum atomic E-state index is 0.463. The highest BCUT2D eigenvalue weighted by atomic mass is 15.3. The van der Waals surface area contributed by atoms with Gasteiger partial charge in [-0.25, -0.2) is 14.5 Å². The van der Waals surface area contributed by atoms with Gasteiger partial charge in [0.2, 0.25) is 0 Å². The van der Waals surface area contributed by atoms with Crippen LogP contribution >= 0.6 is 0 Å². The molecule has 1 aliphatic carbocycles. The van der Waals surface area contributed by atoms with E-state index in [-0.39, 0.29) is 0 Å². The van der Waals surface area contributed by atoms with E-state index in [1.54, 1.807) is 6.20 Å². The van der Waals surface area contributed by atoms with Gasteiger partial charge in [0.1, 0.15) is 11.6 Å². The number of nitrogen functional groups attached to an aromatic ring is 1. The molecule has 0 unspecified atom stereocenters. The van der Waals surface area contributed by atoms with Crippen LogP contribution in [0.15, 0.2) is 30.5 Å². The minimum absolute atomic E-state index is 0.463. The Balaban J connectivity index is 1.65. The summed E-state index contributed by atoms with van der Waals surface area (Å²) in [5.41, 5.74) is 10.1. The second-order valence-corrected chi connectivity index (χ2v) is 7.35. The topological polar surface area (TPSA) is 84.4 Å². The Hall–Kier alpha value is -2.67. The Morgan fingerprint density at radius 2 is 2.12 bits per heavy atom. The van der Waals surface area contributed by atoms with Crippen molar-refractivity contribution in [3.05, 3.63) is 36.2 Å². The van der Waals surface area contributed by atoms with Gasteiger partial charge in [0.15, 0.2) is 5.65 Å². The Labute approximate surface area is 152 Å². The summed E-state index contributed by atoms with van der Waals surface area (Å²) in [6, 6.07) is 8.53. The molecule has 1 aliphatic heterocycles. The van der Waals surface area contributed by atoms with Gasteiger partial charge < -0.3 is 16.0 Å². The lowest BCUT2D eigenvalue weighted by Gasteiger charge is -2.32. The largest absolute Gasteiger partial charge is 0.384 e. The van der Waals surface area contributed by atoms with Crippen molar-refractivity contribution in [3.8, 4) is 11.3 Å². The molecular formula is C19H23N7. The Bertz CT molecular complexity index is 960. The molecule has 7 nitrogen and oxygen atoms in total. The summed E-state index contributed by atoms with van der Waals surface area (Å²) in [5.74, 6) is 2.05. The summed E-state index contributed by atoms with van der Waals surface area (Å²) in [6.07, 6.45) is 4.14. The Morgan fingerprint density at radius 1 is 1.23 bits per heavy atom. The highest BCUT2D eigenvalue weighted by Crippen LogP contribution is 2.44. The van der Waals surface area contributed by atoms with Crippen molar-refractivity contribution in [1.29, 1.82) is 0 Å². The summed E-state index contributed by atoms with van der Waals surface area (Å²) in [7, 11) is 0. The summed E-state index contributed by atoms with van der Waals surface area (Å²) in [6.45, 7) is 5.11. The second kappa shape index (κ2) is 5.95. The summed E-state index contributed by atoms with van der Waals surface area (Å²) in [4.78, 5) is 11.4. The average Bonchev–Trinajstić information content (AvgIpc) is 3.41. The van der Waals surface area contributed by atoms with Gasteiger partial charge in [0.25, 0.3) is 0 Å². The van der Waals surface area contributed by atoms with E-state index in [1.807, 2.05) is 16.6 Å². The van der Waals surface area contributed by atoms with Gasteiger partial charge in [0, 0.05) is 43.4 Å². The summed E-state index contributed by atoms with van der Waals surface area (Å²) < 4.78 is 1.99. The van der Waals surface area contributed by atoms with E-state index in [0.717, 1.165) is 48.1 Å². The lowest BCUT2D eigenvalue weighted by molar-refractivity contribution is 0.481. The molecule has 1 saturated carbocycles. The fourth-order valence-corrected chi connectivity index (χ4v) is 3.76. The molecule has 7 heteroatoms. The predicted molar refractivity (Wildman–Crippen MR) is 102 cm³/mol. The van der Waals surface area contributed by atoms with Crippen molar-refractivity contribution in [2.24, 2.45) is 0 Å². The van der Waals surface area contributed by atoms with E-state index < -0.39 is 0 Å². The molecule has 2 fully saturated rings. The number of aromatic nitrogens is 4. The third kappa shape index (κ3) is 2.68. The van der Waals surface area contributed by atoms with Crippen LogP contribution in [0.2, 0.25) is 0 Å². The number of anilines is 2. The first kappa shape index (κ1) is 15.6. The zero-order valence-electron chi connectivity index (χ0n) is 14.9. The van der Waals surface area contributed by atoms with E-state index in [4.69, 9.17) is 15.8 Å². The molecule has 3 N–H and O–H groups in total. The Kier molecular flexibility index (Phi) is 3.56. The highest BCUT2D eigenvalue weighted by Gasteiger charge is 2.31. The maximum atomic E-state index is 5.94. The van der Waals surface area contributed by atoms with Crippen molar-refractivity contribution < 1.29 is 0 Å². The van der Waals surface area contributed by atoms with Gasteiger partial charge in [-0.15, -0.1) is 5.10 Å². The van der Waals surface area contributed by atoms with Crippen LogP contribution in [0.3, 0.4) is 0 Å². The first-order chi connectivity index (χ1) is 12.7. The molecule has 0 aromatic carbocycles. The molecule has 4 heterocycles. The molecule has 0 amide bonds. The molecule has 3 aromatic rings. The highest BCUT2D eigenvalue weighted by molar-refractivity contribution is 5.70. The molecule has 134 valence electrons. The molecule has 3 aromatic heterocycles. The molecule has 0 bridgehead atoms. The molecule has 1 atom stereocenters. The van der Waals surface area contributed by atoms with Crippen molar-refractivity contribution >= 4 is 17.3 Å². The van der Waals surface area contributed by atoms with E-state index in [2.05, 4.69) is 34.3 Å². The monoisotopic (exact) mass is 349 g/mol. The summed E-state index contributed by atoms with van der Waals surface area (Å²) >= 11 is 0. The van der Waals surface area contributed by atoms with Gasteiger partial charge in [-0.2, -0.15) is 0 Å². The predicted octanol–water partition coefficient (Wildman–Crippen LogP) is 2.05. The van der Waals surface area contributed by atoms with Gasteiger partial charge in [-0.05, 0) is 44.0 Å². The van der Waals surface area contributed by atoms with Crippen LogP contribution in [0.5, 0.6) is 0 Å². The maximum absolute atomic E-state index is 5.94. The number of pyridine rings is 1. The van der Waals surface area contributed by atoms with Crippen LogP contribution in [0.1, 0.15) is 31.4 Å². The normalized spacial score (nSPS) is 20.7. The van der Waals surface area contributed by atoms with E-state index >= 15 is 0 Å². The number of piperazine rings is 1. The number of nitrogens with zero attached hydrogens (tertiary/aromatic N) is 5. The standard InChI is InChI=1S/C19H23N7/c1-12-11-25(9-8-21-12)17-5-4-16-23-18(13-2-3-13)19(26(16)24-17)14-6-7-22-15(20)10-14/h4-7,10,12-13,21H,2-3,8-9,11H2,1H3,(H2,20,22)/t12-/m0/s1. The number of imidazole rings is 1. The lowest BCUT2D eigenvalue weighted by atomic mass is 10.1. The molecular weight excluding hydrogens is 326 g/mol.